The van der Waals surface area contributed by atoms with Gasteiger partial charge in [0.25, 0.3) is 12.3 Å². The van der Waals surface area contributed by atoms with Gasteiger partial charge in [-0.3, -0.25) is 14.4 Å². The molecule has 0 unspecified atom stereocenters. The molecule has 0 atom stereocenters. The number of benzene rings is 2. The summed E-state index contributed by atoms with van der Waals surface area (Å²) in [6, 6.07) is 8.86. The molecule has 0 aliphatic heterocycles. The SMILES string of the molecule is CC(C)(C)C(=O)NCc1ccc(Cl)c(C(=O)Nc2ccc(OCC(F)F)c(C=O)c2)c1. The van der Waals surface area contributed by atoms with Gasteiger partial charge in [0, 0.05) is 17.6 Å². The molecular formula is C22H23ClF2N2O4. The number of hydrogen-bond donors (Lipinski definition) is 2. The van der Waals surface area contributed by atoms with Crippen molar-refractivity contribution in [3.8, 4) is 5.75 Å². The predicted molar refractivity (Wildman–Crippen MR) is 114 cm³/mol. The van der Waals surface area contributed by atoms with Crippen LogP contribution in [-0.2, 0) is 11.3 Å². The van der Waals surface area contributed by atoms with E-state index in [1.54, 1.807) is 39.0 Å². The van der Waals surface area contributed by atoms with Gasteiger partial charge in [-0.2, -0.15) is 0 Å². The molecule has 0 fully saturated rings. The number of ether oxygens (including phenoxy) is 1. The number of rotatable bonds is 8. The summed E-state index contributed by atoms with van der Waals surface area (Å²) in [4.78, 5) is 36.0. The number of carbonyl (C=O) groups excluding carboxylic acids is 3. The van der Waals surface area contributed by atoms with Gasteiger partial charge in [-0.25, -0.2) is 8.78 Å². The summed E-state index contributed by atoms with van der Waals surface area (Å²) < 4.78 is 29.5. The molecule has 0 aliphatic rings. The molecular weight excluding hydrogens is 430 g/mol. The Morgan fingerprint density at radius 2 is 1.87 bits per heavy atom. The van der Waals surface area contributed by atoms with Crippen molar-refractivity contribution < 1.29 is 27.9 Å². The molecule has 0 bridgehead atoms. The third-order valence-electron chi connectivity index (χ3n) is 4.17. The van der Waals surface area contributed by atoms with Crippen molar-refractivity contribution in [2.45, 2.75) is 33.7 Å². The third kappa shape index (κ3) is 7.03. The standard InChI is InChI=1S/C22H23ClF2N2O4/c1-22(2,3)21(30)26-10-13-4-6-17(23)16(8-13)20(29)27-15-5-7-18(14(9-15)11-28)31-12-19(24)25/h4-9,11,19H,10,12H2,1-3H3,(H,26,30)(H,27,29). The molecule has 31 heavy (non-hydrogen) atoms. The first-order valence-corrected chi connectivity index (χ1v) is 9.77. The molecule has 0 spiro atoms. The molecule has 9 heteroatoms. The van der Waals surface area contributed by atoms with Crippen LogP contribution in [0.3, 0.4) is 0 Å². The summed E-state index contributed by atoms with van der Waals surface area (Å²) in [6.07, 6.45) is -2.23. The van der Waals surface area contributed by atoms with Crippen molar-refractivity contribution in [1.29, 1.82) is 0 Å². The predicted octanol–water partition coefficient (Wildman–Crippen LogP) is 4.71. The molecule has 0 saturated heterocycles. The van der Waals surface area contributed by atoms with Gasteiger partial charge in [-0.15, -0.1) is 0 Å². The van der Waals surface area contributed by atoms with Crippen LogP contribution in [0.15, 0.2) is 36.4 Å². The number of amides is 2. The molecule has 6 nitrogen and oxygen atoms in total. The van der Waals surface area contributed by atoms with Crippen LogP contribution in [0.2, 0.25) is 5.02 Å². The van der Waals surface area contributed by atoms with Crippen molar-refractivity contribution in [2.24, 2.45) is 5.41 Å². The highest BCUT2D eigenvalue weighted by Gasteiger charge is 2.21. The first-order chi connectivity index (χ1) is 14.5. The van der Waals surface area contributed by atoms with E-state index in [0.29, 0.717) is 11.8 Å². The summed E-state index contributed by atoms with van der Waals surface area (Å²) in [5, 5.41) is 5.61. The van der Waals surface area contributed by atoms with Crippen LogP contribution in [0.25, 0.3) is 0 Å². The maximum Gasteiger partial charge on any atom is 0.272 e. The average molecular weight is 453 g/mol. The molecule has 2 N–H and O–H groups in total. The first kappa shape index (κ1) is 24.3. The molecule has 0 saturated carbocycles. The molecule has 0 heterocycles. The summed E-state index contributed by atoms with van der Waals surface area (Å²) in [5.41, 5.74) is 0.585. The van der Waals surface area contributed by atoms with Crippen LogP contribution in [0.5, 0.6) is 5.75 Å². The van der Waals surface area contributed by atoms with Gasteiger partial charge < -0.3 is 15.4 Å². The topological polar surface area (TPSA) is 84.5 Å². The molecule has 0 aromatic heterocycles. The number of carbonyl (C=O) groups is 3. The lowest BCUT2D eigenvalue weighted by Crippen LogP contribution is -2.34. The Labute approximate surface area is 183 Å². The lowest BCUT2D eigenvalue weighted by molar-refractivity contribution is -0.128. The molecule has 2 amide bonds. The van der Waals surface area contributed by atoms with Crippen molar-refractivity contribution >= 4 is 35.4 Å². The van der Waals surface area contributed by atoms with E-state index < -0.39 is 24.4 Å². The van der Waals surface area contributed by atoms with E-state index in [4.69, 9.17) is 16.3 Å². The zero-order valence-corrected chi connectivity index (χ0v) is 18.1. The number of alkyl halides is 2. The number of hydrogen-bond acceptors (Lipinski definition) is 4. The zero-order chi connectivity index (χ0) is 23.2. The molecule has 2 rings (SSSR count). The van der Waals surface area contributed by atoms with Gasteiger partial charge in [0.1, 0.15) is 12.4 Å². The van der Waals surface area contributed by atoms with Crippen molar-refractivity contribution in [1.82, 2.24) is 5.32 Å². The zero-order valence-electron chi connectivity index (χ0n) is 17.3. The minimum atomic E-state index is -2.68. The van der Waals surface area contributed by atoms with E-state index in [1.165, 1.54) is 18.2 Å². The maximum atomic E-state index is 12.7. The van der Waals surface area contributed by atoms with E-state index in [9.17, 15) is 23.2 Å². The Balaban J connectivity index is 2.14. The van der Waals surface area contributed by atoms with Crippen LogP contribution in [-0.4, -0.2) is 31.1 Å². The van der Waals surface area contributed by atoms with E-state index in [1.807, 2.05) is 0 Å². The lowest BCUT2D eigenvalue weighted by Gasteiger charge is -2.18. The van der Waals surface area contributed by atoms with Crippen LogP contribution in [0.4, 0.5) is 14.5 Å². The minimum Gasteiger partial charge on any atom is -0.487 e. The summed E-state index contributed by atoms with van der Waals surface area (Å²) in [7, 11) is 0. The Bertz CT molecular complexity index is 974. The Morgan fingerprint density at radius 3 is 2.48 bits per heavy atom. The highest BCUT2D eigenvalue weighted by atomic mass is 35.5. The van der Waals surface area contributed by atoms with Gasteiger partial charge in [0.05, 0.1) is 16.1 Å². The fourth-order valence-corrected chi connectivity index (χ4v) is 2.71. The first-order valence-electron chi connectivity index (χ1n) is 9.39. The molecule has 0 aliphatic carbocycles. The van der Waals surface area contributed by atoms with Gasteiger partial charge >= 0.3 is 0 Å². The van der Waals surface area contributed by atoms with Crippen LogP contribution in [0.1, 0.15) is 47.1 Å². The second-order valence-corrected chi connectivity index (χ2v) is 8.18. The molecule has 166 valence electrons. The fraction of sp³-hybridized carbons (Fsp3) is 0.318. The smallest absolute Gasteiger partial charge is 0.272 e. The van der Waals surface area contributed by atoms with Crippen LogP contribution in [0, 0.1) is 5.41 Å². The monoisotopic (exact) mass is 452 g/mol. The quantitative estimate of drug-likeness (QED) is 0.568. The van der Waals surface area contributed by atoms with Crippen molar-refractivity contribution in [3.05, 3.63) is 58.1 Å². The second-order valence-electron chi connectivity index (χ2n) is 7.77. The largest absolute Gasteiger partial charge is 0.487 e. The fourth-order valence-electron chi connectivity index (χ4n) is 2.50. The highest BCUT2D eigenvalue weighted by Crippen LogP contribution is 2.24. The van der Waals surface area contributed by atoms with Gasteiger partial charge in [0.2, 0.25) is 5.91 Å². The van der Waals surface area contributed by atoms with Crippen LogP contribution < -0.4 is 15.4 Å². The van der Waals surface area contributed by atoms with Crippen LogP contribution >= 0.6 is 11.6 Å². The lowest BCUT2D eigenvalue weighted by atomic mass is 9.95. The normalized spacial score (nSPS) is 11.2. The van der Waals surface area contributed by atoms with Crippen molar-refractivity contribution in [3.63, 3.8) is 0 Å². The van der Waals surface area contributed by atoms with Gasteiger partial charge in [-0.05, 0) is 35.9 Å². The molecule has 2 aromatic carbocycles. The van der Waals surface area contributed by atoms with E-state index in [0.717, 1.165) is 0 Å². The Morgan fingerprint density at radius 1 is 1.16 bits per heavy atom. The Hall–Kier alpha value is -3.00. The summed E-state index contributed by atoms with van der Waals surface area (Å²) in [6.45, 7) is 4.75. The van der Waals surface area contributed by atoms with E-state index >= 15 is 0 Å². The molecule has 0 radical (unpaired) electrons. The highest BCUT2D eigenvalue weighted by molar-refractivity contribution is 6.34. The maximum absolute atomic E-state index is 12.7. The van der Waals surface area contributed by atoms with E-state index in [2.05, 4.69) is 10.6 Å². The summed E-state index contributed by atoms with van der Waals surface area (Å²) >= 11 is 6.15. The van der Waals surface area contributed by atoms with Gasteiger partial charge in [-0.1, -0.05) is 38.4 Å². The number of anilines is 1. The third-order valence-corrected chi connectivity index (χ3v) is 4.50. The summed E-state index contributed by atoms with van der Waals surface area (Å²) in [5.74, 6) is -0.681. The Kier molecular flexibility index (Phi) is 8.10. The number of halogens is 3. The number of aldehydes is 1. The second kappa shape index (κ2) is 10.3. The van der Waals surface area contributed by atoms with Crippen molar-refractivity contribution in [2.75, 3.05) is 11.9 Å². The number of nitrogens with one attached hydrogen (secondary N) is 2. The molecule has 2 aromatic rings. The van der Waals surface area contributed by atoms with Gasteiger partial charge in [0.15, 0.2) is 6.29 Å². The van der Waals surface area contributed by atoms with E-state index in [-0.39, 0.29) is 40.0 Å². The average Bonchev–Trinajstić information content (AvgIpc) is 2.70. The minimum absolute atomic E-state index is 0.0112.